The van der Waals surface area contributed by atoms with Gasteiger partial charge in [0.25, 0.3) is 16.9 Å². The number of pyridine rings is 1. The zero-order valence-electron chi connectivity index (χ0n) is 81.9. The lowest BCUT2D eigenvalue weighted by atomic mass is 10.0. The molecule has 2 amide bonds. The fourth-order valence-corrected chi connectivity index (χ4v) is 10.8. The van der Waals surface area contributed by atoms with Gasteiger partial charge in [0.15, 0.2) is 17.4 Å². The molecule has 766 valence electrons. The lowest BCUT2D eigenvalue weighted by Gasteiger charge is -2.21. The minimum Gasteiger partial charge on any atom is -0.493 e. The van der Waals surface area contributed by atoms with Crippen molar-refractivity contribution in [1.29, 1.82) is 0 Å². The average molecular weight is 1990 g/mol. The summed E-state index contributed by atoms with van der Waals surface area (Å²) in [7, 11) is -0.631. The number of benzene rings is 6. The Hall–Kier alpha value is -15.1. The Bertz CT molecular complexity index is 5400. The van der Waals surface area contributed by atoms with Gasteiger partial charge >= 0.3 is 54.5 Å². The Balaban J connectivity index is 0. The Labute approximate surface area is 808 Å². The number of carboxylic acid groups (broad SMARTS) is 1. The maximum Gasteiger partial charge on any atom is 0.373 e. The molecule has 7 aromatic rings. The second-order valence-electron chi connectivity index (χ2n) is 36.3. The van der Waals surface area contributed by atoms with E-state index >= 15 is 0 Å². The van der Waals surface area contributed by atoms with Crippen molar-refractivity contribution in [2.24, 2.45) is 29.6 Å². The van der Waals surface area contributed by atoms with Crippen LogP contribution in [-0.2, 0) is 110 Å². The number of esters is 4. The number of aliphatic hydroxyl groups excluding tert-OH is 1. The number of nitrogens with one attached hydrogen (secondary N) is 2. The second-order valence-corrected chi connectivity index (χ2v) is 42.2. The van der Waals surface area contributed by atoms with E-state index in [0.29, 0.717) is 78.8 Å². The number of carbonyl (C=O) groups is 8. The number of hydrogen-bond donors (Lipinski definition) is 8. The number of ether oxygens (including phenoxy) is 8. The lowest BCUT2D eigenvalue weighted by Crippen LogP contribution is -2.28. The number of nitrogen functional groups attached to an aromatic ring is 4. The quantitative estimate of drug-likeness (QED) is 0.00394. The van der Waals surface area contributed by atoms with Crippen LogP contribution in [0.15, 0.2) is 132 Å². The fourth-order valence-electron chi connectivity index (χ4n) is 10.8. The number of carboxylic acids is 1. The predicted molar refractivity (Wildman–Crippen MR) is 505 cm³/mol. The number of nitrogens with zero attached hydrogens (tertiary/aromatic N) is 3. The van der Waals surface area contributed by atoms with Crippen molar-refractivity contribution in [3.05, 3.63) is 198 Å². The standard InChI is InChI=1S/C25H22F2N2O4.C17H23NO4.C15H22N2O5.C15H24N2O3.C9H16O5.C6H5FN2O2.C5H14Si.4CO2/c1-15(14-33-18-6-5-17-11-24(31)28-22(17)12-18)9-23(30)19-3-2-8-29(25(19)32)13-16-4-7-20(26)21(27)10-16;1-11(7-16(20)22-17(2,3)4)10-21-13-6-5-12-8-15(19)18-14(12)9-13;1-10(7-14(18)22-15(2,3)4)9-21-11-5-6-13(17(19)20)12(16)8-11;1-10(7-14(18)20-15(2,3)4)9-19-11-5-6-12(16)13(17)8-11;1-9(2,3)14-7(11)4-6(5-10)8(12)13;7-4-1-2-6(9(10)11)5(8)3-4;1-5-6(2,3)4;4*2-1-3/h2-8,10,12,15H,9,11,13-14H2,1H3,(H,28,31);5-6,9,11H,7-8,10H2,1-4H3,(H,18,19);5-6,8,10H,7,9,16H2,1-4H3;5-6,8,10H,7,9,16-17H2,1-4H3;6,10H,4-5H2,1-3H3,(H,12,13);1-3H,8H2;5H2,1-4H3;;;;/t15-;11-;2*10-;6-;;;;;;/m00000....../s1. The highest BCUT2D eigenvalue weighted by Gasteiger charge is 2.28. The van der Waals surface area contributed by atoms with Crippen molar-refractivity contribution in [3.8, 4) is 23.0 Å². The fraction of sp³-hybridized carbons (Fsp3) is 0.448. The number of aliphatic hydroxyl groups is 1. The highest BCUT2D eigenvalue weighted by molar-refractivity contribution is 6.76. The topological polar surface area (TPSA) is 624 Å². The van der Waals surface area contributed by atoms with Crippen molar-refractivity contribution < 1.29 is 148 Å². The maximum absolute atomic E-state index is 13.5. The first-order chi connectivity index (χ1) is 64.9. The molecule has 0 unspecified atom stereocenters. The van der Waals surface area contributed by atoms with Crippen LogP contribution < -0.4 is 58.1 Å². The number of aliphatic carboxylic acids is 1. The van der Waals surface area contributed by atoms with Crippen LogP contribution in [0.5, 0.6) is 23.0 Å². The summed E-state index contributed by atoms with van der Waals surface area (Å²) in [5.74, 6) is -4.26. The summed E-state index contributed by atoms with van der Waals surface area (Å²) in [6, 6.07) is 31.0. The van der Waals surface area contributed by atoms with Gasteiger partial charge in [-0.1, -0.05) is 78.5 Å². The van der Waals surface area contributed by atoms with Crippen LogP contribution in [-0.4, -0.2) is 160 Å². The molecule has 0 saturated heterocycles. The molecule has 3 heterocycles. The van der Waals surface area contributed by atoms with Crippen molar-refractivity contribution in [2.45, 2.75) is 217 Å². The van der Waals surface area contributed by atoms with E-state index in [-0.39, 0.29) is 151 Å². The van der Waals surface area contributed by atoms with Gasteiger partial charge in [-0.25, -0.2) is 13.2 Å². The van der Waals surface area contributed by atoms with Gasteiger partial charge in [0.1, 0.15) is 62.6 Å². The van der Waals surface area contributed by atoms with Crippen molar-refractivity contribution >= 4 is 126 Å². The first-order valence-electron chi connectivity index (χ1n) is 43.0. The van der Waals surface area contributed by atoms with E-state index in [9.17, 15) is 76.6 Å². The third-order valence-corrected chi connectivity index (χ3v) is 19.6. The second kappa shape index (κ2) is 63.3. The molecule has 0 saturated carbocycles. The number of ketones is 1. The number of hydrogen-bond acceptors (Lipinski definition) is 34. The van der Waals surface area contributed by atoms with Crippen molar-refractivity contribution in [1.82, 2.24) is 4.57 Å². The van der Waals surface area contributed by atoms with Gasteiger partial charge in [-0.3, -0.25) is 63.4 Å². The normalized spacial score (nSPS) is 12.1. The molecule has 9 rings (SSSR count). The number of nitrogens with two attached hydrogens (primary N) is 4. The van der Waals surface area contributed by atoms with E-state index < -0.39 is 87.8 Å². The lowest BCUT2D eigenvalue weighted by molar-refractivity contribution is -0.384. The van der Waals surface area contributed by atoms with E-state index in [0.717, 1.165) is 52.8 Å². The number of fused-ring (bicyclic) bond motifs is 2. The predicted octanol–water partition coefficient (Wildman–Crippen LogP) is 14.1. The van der Waals surface area contributed by atoms with Gasteiger partial charge in [-0.2, -0.15) is 38.4 Å². The third kappa shape index (κ3) is 57.7. The van der Waals surface area contributed by atoms with Gasteiger partial charge < -0.3 is 86.2 Å². The highest BCUT2D eigenvalue weighted by Crippen LogP contribution is 2.32. The van der Waals surface area contributed by atoms with Crippen LogP contribution in [0.1, 0.15) is 177 Å². The zero-order chi connectivity index (χ0) is 108. The van der Waals surface area contributed by atoms with Crippen LogP contribution in [0.3, 0.4) is 0 Å². The van der Waals surface area contributed by atoms with E-state index in [1.807, 2.05) is 114 Å². The Morgan fingerprint density at radius 2 is 0.807 bits per heavy atom. The molecule has 44 heteroatoms. The molecule has 0 fully saturated rings. The molecule has 0 radical (unpaired) electrons. The molecular weight excluding hydrogens is 1860 g/mol. The summed E-state index contributed by atoms with van der Waals surface area (Å²) >= 11 is 0. The van der Waals surface area contributed by atoms with E-state index in [1.54, 1.807) is 57.2 Å². The first-order valence-corrected chi connectivity index (χ1v) is 46.7. The minimum absolute atomic E-state index is 0.00504. The number of amides is 2. The van der Waals surface area contributed by atoms with Crippen LogP contribution in [0.4, 0.5) is 58.7 Å². The number of halogens is 3. The van der Waals surface area contributed by atoms with E-state index in [1.165, 1.54) is 47.1 Å². The SMILES string of the molecule is CC(C)(C)OC(=O)C[C@@H](CO)C(=O)O.CC[Si](C)(C)C.C[C@H](COc1ccc(N)c(N)c1)CC(=O)OC(C)(C)C.C[C@H](COc1ccc([N+](=O)[O-])c(N)c1)CC(=O)OC(C)(C)C.C[C@H](COc1ccc2c(c1)NC(=O)C2)CC(=O)OC(C)(C)C.C[C@H](COc1ccc2c(c1)NC(=O)C2)CC(=O)c1cccn(Cc2ccc(F)c(F)c2)c1=O.Nc1cc(F)ccc1[N+](=O)[O-].O=C=O.O=C=O.O=C=O.O=C=O. The summed E-state index contributed by atoms with van der Waals surface area (Å²) in [4.78, 5) is 190. The maximum atomic E-state index is 13.5. The van der Waals surface area contributed by atoms with Gasteiger partial charge in [-0.05, 0) is 166 Å². The third-order valence-electron chi connectivity index (χ3n) is 17.5. The molecule has 2 aliphatic heterocycles. The monoisotopic (exact) mass is 1990 g/mol. The van der Waals surface area contributed by atoms with E-state index in [4.69, 9.17) is 109 Å². The molecular formula is C96H126F3N9O31Si. The van der Waals surface area contributed by atoms with Gasteiger partial charge in [-0.15, -0.1) is 0 Å². The number of aromatic nitrogens is 1. The molecule has 0 aliphatic carbocycles. The zero-order valence-corrected chi connectivity index (χ0v) is 82.9. The molecule has 140 heavy (non-hydrogen) atoms. The number of Topliss-reactive ketones (excluding diaryl/α,β-unsaturated/α-hetero) is 1. The summed E-state index contributed by atoms with van der Waals surface area (Å²) in [6.07, 6.45) is 3.95. The number of nitro benzene ring substituents is 2. The smallest absolute Gasteiger partial charge is 0.373 e. The average Bonchev–Trinajstić information content (AvgIpc) is 1.44. The van der Waals surface area contributed by atoms with Crippen molar-refractivity contribution in [2.75, 3.05) is 66.6 Å². The van der Waals surface area contributed by atoms with Gasteiger partial charge in [0.05, 0.1) is 111 Å². The summed E-state index contributed by atoms with van der Waals surface area (Å²) < 4.78 is 83.5. The molecule has 0 bridgehead atoms. The van der Waals surface area contributed by atoms with Crippen LogP contribution >= 0.6 is 0 Å². The summed E-state index contributed by atoms with van der Waals surface area (Å²) in [6.45, 7) is 39.5. The molecule has 12 N–H and O–H groups in total. The van der Waals surface area contributed by atoms with Crippen molar-refractivity contribution in [3.63, 3.8) is 0 Å². The van der Waals surface area contributed by atoms with Gasteiger partial charge in [0, 0.05) is 92.3 Å². The Morgan fingerprint density at radius 3 is 1.14 bits per heavy atom. The summed E-state index contributed by atoms with van der Waals surface area (Å²) in [5, 5.41) is 43.6. The number of carbonyl (C=O) groups excluding carboxylic acids is 15. The number of nitro groups is 2. The largest absolute Gasteiger partial charge is 0.493 e. The van der Waals surface area contributed by atoms with Gasteiger partial charge in [0.2, 0.25) is 11.8 Å². The number of anilines is 6. The molecule has 0 spiro atoms. The van der Waals surface area contributed by atoms with Crippen LogP contribution in [0, 0.1) is 67.3 Å². The number of rotatable bonds is 30. The molecule has 1 aromatic heterocycles. The first kappa shape index (κ1) is 127. The molecule has 2 aliphatic rings. The molecule has 40 nitrogen and oxygen atoms in total. The van der Waals surface area contributed by atoms with Crippen LogP contribution in [0.2, 0.25) is 25.7 Å². The Morgan fingerprint density at radius 1 is 0.471 bits per heavy atom. The molecule has 6 aromatic carbocycles. The summed E-state index contributed by atoms with van der Waals surface area (Å²) in [5.41, 5.74) is 23.9. The Kier molecular flexibility index (Phi) is 57.4. The molecule has 5 atom stereocenters. The van der Waals surface area contributed by atoms with Crippen LogP contribution in [0.25, 0.3) is 0 Å². The minimum atomic E-state index is -1.20. The van der Waals surface area contributed by atoms with E-state index in [2.05, 4.69) is 37.2 Å². The highest BCUT2D eigenvalue weighted by atomic mass is 28.3.